The lowest BCUT2D eigenvalue weighted by Gasteiger charge is -2.10. The predicted octanol–water partition coefficient (Wildman–Crippen LogP) is 2.63. The van der Waals surface area contributed by atoms with Crippen molar-refractivity contribution in [3.05, 3.63) is 63.2 Å². The Morgan fingerprint density at radius 1 is 1.20 bits per heavy atom. The van der Waals surface area contributed by atoms with Crippen molar-refractivity contribution in [1.82, 2.24) is 5.32 Å². The third-order valence-corrected chi connectivity index (χ3v) is 3.44. The molecule has 9 heteroatoms. The Morgan fingerprint density at radius 2 is 1.88 bits per heavy atom. The minimum Gasteiger partial charge on any atom is -0.494 e. The van der Waals surface area contributed by atoms with Gasteiger partial charge in [-0.3, -0.25) is 19.7 Å². The molecule has 0 heterocycles. The molecule has 0 fully saturated rings. The monoisotopic (exact) mass is 363 g/mol. The van der Waals surface area contributed by atoms with Crippen LogP contribution in [-0.2, 0) is 4.79 Å². The molecule has 0 atom stereocenters. The van der Waals surface area contributed by atoms with Gasteiger partial charge in [0.1, 0.15) is 5.75 Å². The highest BCUT2D eigenvalue weighted by molar-refractivity contribution is 6.30. The van der Waals surface area contributed by atoms with Crippen molar-refractivity contribution in [3.63, 3.8) is 0 Å². The van der Waals surface area contributed by atoms with Gasteiger partial charge in [-0.1, -0.05) is 11.6 Å². The molecule has 2 N–H and O–H groups in total. The first-order valence-corrected chi connectivity index (χ1v) is 7.44. The van der Waals surface area contributed by atoms with Gasteiger partial charge in [0.25, 0.3) is 11.6 Å². The molecule has 2 aromatic carbocycles. The molecule has 25 heavy (non-hydrogen) atoms. The van der Waals surface area contributed by atoms with E-state index in [0.717, 1.165) is 0 Å². The van der Waals surface area contributed by atoms with Crippen LogP contribution >= 0.6 is 11.6 Å². The summed E-state index contributed by atoms with van der Waals surface area (Å²) in [5, 5.41) is 16.2. The van der Waals surface area contributed by atoms with E-state index < -0.39 is 16.7 Å². The van der Waals surface area contributed by atoms with Crippen molar-refractivity contribution >= 4 is 34.8 Å². The highest BCUT2D eigenvalue weighted by Crippen LogP contribution is 2.28. The second kappa shape index (κ2) is 8.11. The molecule has 8 nitrogen and oxygen atoms in total. The van der Waals surface area contributed by atoms with E-state index in [2.05, 4.69) is 10.6 Å². The van der Waals surface area contributed by atoms with Crippen molar-refractivity contribution in [2.75, 3.05) is 19.0 Å². The van der Waals surface area contributed by atoms with Gasteiger partial charge in [-0.05, 0) is 30.3 Å². The molecule has 0 saturated carbocycles. The summed E-state index contributed by atoms with van der Waals surface area (Å²) in [6.45, 7) is -0.276. The first-order chi connectivity index (χ1) is 11.9. The SMILES string of the molecule is COc1cc([N+](=O)[O-])ccc1NC(=O)CNC(=O)c1ccc(Cl)cc1. The molecule has 0 aliphatic heterocycles. The second-order valence-electron chi connectivity index (χ2n) is 4.88. The maximum Gasteiger partial charge on any atom is 0.273 e. The molecule has 130 valence electrons. The molecule has 0 spiro atoms. The molecular formula is C16H14ClN3O5. The standard InChI is InChI=1S/C16H14ClN3O5/c1-25-14-8-12(20(23)24)6-7-13(14)19-15(21)9-18-16(22)10-2-4-11(17)5-3-10/h2-8H,9H2,1H3,(H,18,22)(H,19,21). The first kappa shape index (κ1) is 18.2. The Bertz CT molecular complexity index is 808. The fourth-order valence-corrected chi connectivity index (χ4v) is 2.08. The number of ether oxygens (including phenoxy) is 1. The highest BCUT2D eigenvalue weighted by Gasteiger charge is 2.14. The molecule has 0 saturated heterocycles. The quantitative estimate of drug-likeness (QED) is 0.605. The van der Waals surface area contributed by atoms with Crippen LogP contribution in [0, 0.1) is 10.1 Å². The number of nitro benzene ring substituents is 1. The summed E-state index contributed by atoms with van der Waals surface area (Å²) in [6.07, 6.45) is 0. The van der Waals surface area contributed by atoms with E-state index in [1.165, 1.54) is 37.4 Å². The summed E-state index contributed by atoms with van der Waals surface area (Å²) in [5.74, 6) is -0.788. The van der Waals surface area contributed by atoms with Crippen molar-refractivity contribution in [2.45, 2.75) is 0 Å². The molecule has 0 aliphatic rings. The Kier molecular flexibility index (Phi) is 5.91. The fourth-order valence-electron chi connectivity index (χ4n) is 1.96. The molecule has 0 aliphatic carbocycles. The summed E-state index contributed by atoms with van der Waals surface area (Å²) in [7, 11) is 1.33. The van der Waals surface area contributed by atoms with Crippen molar-refractivity contribution in [3.8, 4) is 5.75 Å². The van der Waals surface area contributed by atoms with E-state index in [-0.39, 0.29) is 23.7 Å². The van der Waals surface area contributed by atoms with Crippen LogP contribution in [0.3, 0.4) is 0 Å². The topological polar surface area (TPSA) is 111 Å². The van der Waals surface area contributed by atoms with Gasteiger partial charge in [-0.25, -0.2) is 0 Å². The lowest BCUT2D eigenvalue weighted by molar-refractivity contribution is -0.384. The third-order valence-electron chi connectivity index (χ3n) is 3.19. The van der Waals surface area contributed by atoms with Gasteiger partial charge in [-0.15, -0.1) is 0 Å². The average molecular weight is 364 g/mol. The van der Waals surface area contributed by atoms with Crippen molar-refractivity contribution in [1.29, 1.82) is 0 Å². The van der Waals surface area contributed by atoms with Gasteiger partial charge in [0.15, 0.2) is 0 Å². The van der Waals surface area contributed by atoms with Gasteiger partial charge in [-0.2, -0.15) is 0 Å². The first-order valence-electron chi connectivity index (χ1n) is 7.06. The van der Waals surface area contributed by atoms with Crippen LogP contribution in [0.5, 0.6) is 5.75 Å². The molecule has 0 unspecified atom stereocenters. The number of amides is 2. The van der Waals surface area contributed by atoms with E-state index in [1.807, 2.05) is 0 Å². The molecule has 0 aromatic heterocycles. The fraction of sp³-hybridized carbons (Fsp3) is 0.125. The molecule has 2 rings (SSSR count). The third kappa shape index (κ3) is 4.92. The molecular weight excluding hydrogens is 350 g/mol. The lowest BCUT2D eigenvalue weighted by atomic mass is 10.2. The number of carbonyl (C=O) groups excluding carboxylic acids is 2. The number of methoxy groups -OCH3 is 1. The molecule has 2 amide bonds. The number of nitrogens with one attached hydrogen (secondary N) is 2. The summed E-state index contributed by atoms with van der Waals surface area (Å²) >= 11 is 5.74. The van der Waals surface area contributed by atoms with E-state index in [1.54, 1.807) is 12.1 Å². The van der Waals surface area contributed by atoms with Crippen LogP contribution in [0.25, 0.3) is 0 Å². The Morgan fingerprint density at radius 3 is 2.48 bits per heavy atom. The maximum atomic E-state index is 12.0. The number of carbonyl (C=O) groups is 2. The van der Waals surface area contributed by atoms with Gasteiger partial charge in [0, 0.05) is 16.7 Å². The largest absolute Gasteiger partial charge is 0.494 e. The summed E-state index contributed by atoms with van der Waals surface area (Å²) in [5.41, 5.74) is 0.467. The zero-order valence-corrected chi connectivity index (χ0v) is 13.9. The van der Waals surface area contributed by atoms with Gasteiger partial charge >= 0.3 is 0 Å². The Hall–Kier alpha value is -3.13. The van der Waals surface area contributed by atoms with Crippen LogP contribution in [0.2, 0.25) is 5.02 Å². The van der Waals surface area contributed by atoms with E-state index in [0.29, 0.717) is 10.6 Å². The number of halogens is 1. The van der Waals surface area contributed by atoms with Crippen LogP contribution in [0.1, 0.15) is 10.4 Å². The minimum atomic E-state index is -0.569. The molecule has 2 aromatic rings. The zero-order chi connectivity index (χ0) is 18.4. The van der Waals surface area contributed by atoms with Crippen LogP contribution in [0.15, 0.2) is 42.5 Å². The number of anilines is 1. The normalized spacial score (nSPS) is 10.0. The van der Waals surface area contributed by atoms with Crippen LogP contribution in [0.4, 0.5) is 11.4 Å². The van der Waals surface area contributed by atoms with Gasteiger partial charge in [0.2, 0.25) is 5.91 Å². The van der Waals surface area contributed by atoms with Crippen molar-refractivity contribution in [2.24, 2.45) is 0 Å². The van der Waals surface area contributed by atoms with Crippen LogP contribution < -0.4 is 15.4 Å². The molecule has 0 bridgehead atoms. The zero-order valence-electron chi connectivity index (χ0n) is 13.1. The number of nitrogens with zero attached hydrogens (tertiary/aromatic N) is 1. The predicted molar refractivity (Wildman–Crippen MR) is 92.1 cm³/mol. The van der Waals surface area contributed by atoms with Crippen molar-refractivity contribution < 1.29 is 19.2 Å². The number of nitro groups is 1. The number of rotatable bonds is 6. The number of benzene rings is 2. The second-order valence-corrected chi connectivity index (χ2v) is 5.32. The molecule has 0 radical (unpaired) electrons. The summed E-state index contributed by atoms with van der Waals surface area (Å²) in [6, 6.07) is 10.0. The minimum absolute atomic E-state index is 0.145. The number of non-ortho nitro benzene ring substituents is 1. The Balaban J connectivity index is 1.97. The van der Waals surface area contributed by atoms with E-state index in [9.17, 15) is 19.7 Å². The summed E-state index contributed by atoms with van der Waals surface area (Å²) in [4.78, 5) is 34.0. The van der Waals surface area contributed by atoms with E-state index in [4.69, 9.17) is 16.3 Å². The van der Waals surface area contributed by atoms with Crippen LogP contribution in [-0.4, -0.2) is 30.4 Å². The number of hydrogen-bond donors (Lipinski definition) is 2. The Labute approximate surface area is 147 Å². The van der Waals surface area contributed by atoms with E-state index >= 15 is 0 Å². The van der Waals surface area contributed by atoms with Gasteiger partial charge in [0.05, 0.1) is 30.3 Å². The van der Waals surface area contributed by atoms with Gasteiger partial charge < -0.3 is 15.4 Å². The summed E-state index contributed by atoms with van der Waals surface area (Å²) < 4.78 is 5.02. The number of hydrogen-bond acceptors (Lipinski definition) is 5. The lowest BCUT2D eigenvalue weighted by Crippen LogP contribution is -2.32. The smallest absolute Gasteiger partial charge is 0.273 e. The maximum absolute atomic E-state index is 12.0. The highest BCUT2D eigenvalue weighted by atomic mass is 35.5. The average Bonchev–Trinajstić information content (AvgIpc) is 2.60.